The highest BCUT2D eigenvalue weighted by atomic mass is 79.9. The molecule has 0 aliphatic rings. The van der Waals surface area contributed by atoms with Gasteiger partial charge in [-0.05, 0) is 25.0 Å². The second-order valence-corrected chi connectivity index (χ2v) is 5.20. The van der Waals surface area contributed by atoms with Crippen LogP contribution in [0, 0.1) is 6.92 Å². The van der Waals surface area contributed by atoms with E-state index < -0.39 is 0 Å². The third-order valence-electron chi connectivity index (χ3n) is 2.24. The van der Waals surface area contributed by atoms with Crippen molar-refractivity contribution in [1.29, 1.82) is 0 Å². The zero-order valence-corrected chi connectivity index (χ0v) is 10.8. The van der Waals surface area contributed by atoms with E-state index in [4.69, 9.17) is 0 Å². The molecule has 0 saturated carbocycles. The van der Waals surface area contributed by atoms with E-state index in [-0.39, 0.29) is 4.83 Å². The topological polar surface area (TPSA) is 43.6 Å². The summed E-state index contributed by atoms with van der Waals surface area (Å²) in [7, 11) is 0. The zero-order chi connectivity index (χ0) is 11.5. The molecule has 0 saturated heterocycles. The summed E-state index contributed by atoms with van der Waals surface area (Å²) in [5.41, 5.74) is 3.24. The second-order valence-electron chi connectivity index (χ2n) is 3.83. The van der Waals surface area contributed by atoms with Gasteiger partial charge in [-0.3, -0.25) is 4.98 Å². The fraction of sp³-hybridized carbons (Fsp3) is 0.364. The molecule has 0 spiro atoms. The van der Waals surface area contributed by atoms with Gasteiger partial charge in [0.05, 0.1) is 17.1 Å². The fourth-order valence-electron chi connectivity index (χ4n) is 1.46. The van der Waals surface area contributed by atoms with Gasteiger partial charge in [0.2, 0.25) is 0 Å². The Morgan fingerprint density at radius 2 is 2.25 bits per heavy atom. The lowest BCUT2D eigenvalue weighted by atomic mass is 10.2. The van der Waals surface area contributed by atoms with Crippen LogP contribution in [0.2, 0.25) is 0 Å². The molecule has 2 aromatic rings. The van der Waals surface area contributed by atoms with Gasteiger partial charge in [0.25, 0.3) is 0 Å². The summed E-state index contributed by atoms with van der Waals surface area (Å²) in [4.78, 5) is 4.38. The van der Waals surface area contributed by atoms with Crippen LogP contribution in [-0.4, -0.2) is 20.0 Å². The van der Waals surface area contributed by atoms with E-state index in [0.29, 0.717) is 6.54 Å². The van der Waals surface area contributed by atoms with E-state index in [0.717, 1.165) is 16.8 Å². The lowest BCUT2D eigenvalue weighted by Crippen LogP contribution is -2.01. The highest BCUT2D eigenvalue weighted by Gasteiger charge is 2.06. The van der Waals surface area contributed by atoms with E-state index >= 15 is 0 Å². The fourth-order valence-corrected chi connectivity index (χ4v) is 1.67. The first-order valence-electron chi connectivity index (χ1n) is 5.10. The van der Waals surface area contributed by atoms with Crippen molar-refractivity contribution in [2.45, 2.75) is 25.2 Å². The largest absolute Gasteiger partial charge is 0.264 e. The Balaban J connectivity index is 2.14. The molecule has 16 heavy (non-hydrogen) atoms. The Morgan fingerprint density at radius 1 is 1.44 bits per heavy atom. The first-order valence-corrected chi connectivity index (χ1v) is 6.01. The maximum atomic E-state index is 4.15. The maximum absolute atomic E-state index is 4.15. The van der Waals surface area contributed by atoms with Crippen molar-refractivity contribution in [2.75, 3.05) is 0 Å². The van der Waals surface area contributed by atoms with Gasteiger partial charge >= 0.3 is 0 Å². The molecule has 0 radical (unpaired) electrons. The van der Waals surface area contributed by atoms with E-state index in [2.05, 4.69) is 37.3 Å². The van der Waals surface area contributed by atoms with Crippen LogP contribution in [0.1, 0.15) is 28.6 Å². The average molecular weight is 281 g/mol. The molecule has 0 N–H and O–H groups in total. The molecule has 84 valence electrons. The molecule has 0 aromatic carbocycles. The monoisotopic (exact) mass is 280 g/mol. The number of aromatic nitrogens is 4. The van der Waals surface area contributed by atoms with E-state index in [9.17, 15) is 0 Å². The highest BCUT2D eigenvalue weighted by molar-refractivity contribution is 9.09. The summed E-state index contributed by atoms with van der Waals surface area (Å²) >= 11 is 3.46. The Bertz CT molecular complexity index is 478. The quantitative estimate of drug-likeness (QED) is 0.812. The number of rotatable bonds is 3. The minimum absolute atomic E-state index is 0.233. The molecular weight excluding hydrogens is 268 g/mol. The van der Waals surface area contributed by atoms with Crippen molar-refractivity contribution >= 4 is 15.9 Å². The molecule has 1 unspecified atom stereocenters. The molecule has 2 rings (SSSR count). The Labute approximate surface area is 103 Å². The molecule has 5 heteroatoms. The van der Waals surface area contributed by atoms with Gasteiger partial charge in [-0.25, -0.2) is 4.68 Å². The van der Waals surface area contributed by atoms with Crippen molar-refractivity contribution in [3.63, 3.8) is 0 Å². The van der Waals surface area contributed by atoms with Crippen molar-refractivity contribution in [2.24, 2.45) is 0 Å². The van der Waals surface area contributed by atoms with Gasteiger partial charge in [-0.2, -0.15) is 0 Å². The van der Waals surface area contributed by atoms with Crippen LogP contribution in [-0.2, 0) is 6.54 Å². The zero-order valence-electron chi connectivity index (χ0n) is 9.26. The van der Waals surface area contributed by atoms with Gasteiger partial charge in [-0.15, -0.1) is 5.10 Å². The minimum Gasteiger partial charge on any atom is -0.264 e. The van der Waals surface area contributed by atoms with E-state index in [1.165, 1.54) is 0 Å². The van der Waals surface area contributed by atoms with Gasteiger partial charge in [0.1, 0.15) is 0 Å². The number of pyridine rings is 1. The predicted molar refractivity (Wildman–Crippen MR) is 65.4 cm³/mol. The maximum Gasteiger partial charge on any atom is 0.0960 e. The van der Waals surface area contributed by atoms with Crippen molar-refractivity contribution < 1.29 is 0 Å². The van der Waals surface area contributed by atoms with E-state index in [1.807, 2.05) is 37.1 Å². The third-order valence-corrected chi connectivity index (χ3v) is 2.71. The summed E-state index contributed by atoms with van der Waals surface area (Å²) in [5.74, 6) is 0. The normalized spacial score (nSPS) is 12.7. The Kier molecular flexibility index (Phi) is 3.33. The van der Waals surface area contributed by atoms with Crippen LogP contribution in [0.5, 0.6) is 0 Å². The molecule has 0 aliphatic carbocycles. The summed E-state index contributed by atoms with van der Waals surface area (Å²) in [6.07, 6.45) is 5.64. The summed E-state index contributed by atoms with van der Waals surface area (Å²) in [6.45, 7) is 4.77. The number of alkyl halides is 1. The van der Waals surface area contributed by atoms with Gasteiger partial charge in [-0.1, -0.05) is 27.2 Å². The minimum atomic E-state index is 0.233. The number of hydrogen-bond donors (Lipinski definition) is 0. The van der Waals surface area contributed by atoms with E-state index in [1.54, 1.807) is 0 Å². The van der Waals surface area contributed by atoms with Crippen LogP contribution in [0.3, 0.4) is 0 Å². The first kappa shape index (κ1) is 11.3. The Morgan fingerprint density at radius 3 is 2.88 bits per heavy atom. The second kappa shape index (κ2) is 4.74. The molecular formula is C11H13BrN4. The summed E-state index contributed by atoms with van der Waals surface area (Å²) < 4.78 is 1.82. The van der Waals surface area contributed by atoms with Crippen LogP contribution in [0.15, 0.2) is 24.7 Å². The molecule has 2 heterocycles. The number of halogens is 1. The predicted octanol–water partition coefficient (Wildman–Crippen LogP) is 2.49. The first-order chi connectivity index (χ1) is 7.65. The third kappa shape index (κ3) is 2.66. The molecule has 0 aliphatic heterocycles. The SMILES string of the molecule is Cc1cncc(Cn2cc(C(C)Br)nn2)c1. The molecule has 0 amide bonds. The van der Waals surface area contributed by atoms with Crippen molar-refractivity contribution in [3.8, 4) is 0 Å². The van der Waals surface area contributed by atoms with Crippen LogP contribution in [0.4, 0.5) is 0 Å². The molecule has 1 atom stereocenters. The van der Waals surface area contributed by atoms with Gasteiger partial charge in [0, 0.05) is 18.6 Å². The number of hydrogen-bond acceptors (Lipinski definition) is 3. The Hall–Kier alpha value is -1.23. The number of nitrogens with zero attached hydrogens (tertiary/aromatic N) is 4. The lowest BCUT2D eigenvalue weighted by molar-refractivity contribution is 0.647. The molecule has 0 bridgehead atoms. The number of aryl methyl sites for hydroxylation is 1. The molecule has 2 aromatic heterocycles. The smallest absolute Gasteiger partial charge is 0.0960 e. The molecule has 4 nitrogen and oxygen atoms in total. The van der Waals surface area contributed by atoms with Crippen molar-refractivity contribution in [1.82, 2.24) is 20.0 Å². The van der Waals surface area contributed by atoms with Crippen LogP contribution in [0.25, 0.3) is 0 Å². The standard InChI is InChI=1S/C11H13BrN4/c1-8-3-10(5-13-4-8)6-16-7-11(9(2)12)14-15-16/h3-5,7,9H,6H2,1-2H3. The van der Waals surface area contributed by atoms with Crippen LogP contribution >= 0.6 is 15.9 Å². The van der Waals surface area contributed by atoms with Gasteiger partial charge in [0.15, 0.2) is 0 Å². The summed E-state index contributed by atoms with van der Waals surface area (Å²) in [5, 5.41) is 8.15. The lowest BCUT2D eigenvalue weighted by Gasteiger charge is -2.01. The summed E-state index contributed by atoms with van der Waals surface area (Å²) in [6, 6.07) is 2.10. The average Bonchev–Trinajstić information content (AvgIpc) is 2.66. The molecule has 0 fully saturated rings. The van der Waals surface area contributed by atoms with Crippen molar-refractivity contribution in [3.05, 3.63) is 41.5 Å². The van der Waals surface area contributed by atoms with Crippen LogP contribution < -0.4 is 0 Å². The highest BCUT2D eigenvalue weighted by Crippen LogP contribution is 2.18. The van der Waals surface area contributed by atoms with Gasteiger partial charge < -0.3 is 0 Å².